The lowest BCUT2D eigenvalue weighted by Gasteiger charge is -2.36. The fourth-order valence-electron chi connectivity index (χ4n) is 1.65. The van der Waals surface area contributed by atoms with Gasteiger partial charge in [0.1, 0.15) is 0 Å². The Balaban J connectivity index is 2.47. The number of hydrogen-bond acceptors (Lipinski definition) is 3. The summed E-state index contributed by atoms with van der Waals surface area (Å²) in [4.78, 5) is 13.2. The number of likely N-dealkylation sites (tertiary alicyclic amines) is 1. The van der Waals surface area contributed by atoms with Gasteiger partial charge in [-0.15, -0.1) is 0 Å². The Morgan fingerprint density at radius 3 is 2.92 bits per heavy atom. The highest BCUT2D eigenvalue weighted by atomic mass is 32.2. The van der Waals surface area contributed by atoms with Crippen molar-refractivity contribution in [1.82, 2.24) is 4.90 Å². The maximum atomic E-state index is 11.5. The second kappa shape index (κ2) is 4.33. The van der Waals surface area contributed by atoms with Gasteiger partial charge in [0.25, 0.3) is 0 Å². The van der Waals surface area contributed by atoms with Crippen LogP contribution < -0.4 is 0 Å². The molecule has 76 valence electrons. The highest BCUT2D eigenvalue weighted by Crippen LogP contribution is 2.20. The van der Waals surface area contributed by atoms with Crippen LogP contribution in [0.5, 0.6) is 0 Å². The van der Waals surface area contributed by atoms with Crippen molar-refractivity contribution in [1.29, 1.82) is 0 Å². The Bertz CT molecular complexity index is 194. The second-order valence-corrected chi connectivity index (χ2v) is 4.71. The minimum atomic E-state index is -0.674. The van der Waals surface area contributed by atoms with Gasteiger partial charge >= 0.3 is 0 Å². The molecule has 0 spiro atoms. The molecule has 0 aromatic carbocycles. The molecular formula is C9H17NO2S. The van der Waals surface area contributed by atoms with Crippen LogP contribution in [0, 0.1) is 0 Å². The van der Waals surface area contributed by atoms with E-state index in [-0.39, 0.29) is 5.91 Å². The second-order valence-electron chi connectivity index (χ2n) is 3.85. The summed E-state index contributed by atoms with van der Waals surface area (Å²) in [5, 5.41) is 9.76. The lowest BCUT2D eigenvalue weighted by molar-refractivity contribution is -0.134. The SMILES string of the molecule is CSCC(=O)N1CCCC(C)(O)C1. The van der Waals surface area contributed by atoms with Crippen molar-refractivity contribution >= 4 is 17.7 Å². The van der Waals surface area contributed by atoms with Crippen molar-refractivity contribution in [2.75, 3.05) is 25.1 Å². The van der Waals surface area contributed by atoms with Gasteiger partial charge in [0.05, 0.1) is 11.4 Å². The Morgan fingerprint density at radius 2 is 2.38 bits per heavy atom. The number of piperidine rings is 1. The average Bonchev–Trinajstić information content (AvgIpc) is 2.03. The normalized spacial score (nSPS) is 29.0. The molecule has 1 N–H and O–H groups in total. The van der Waals surface area contributed by atoms with Crippen molar-refractivity contribution in [2.24, 2.45) is 0 Å². The van der Waals surface area contributed by atoms with E-state index in [9.17, 15) is 9.90 Å². The Morgan fingerprint density at radius 1 is 1.69 bits per heavy atom. The molecule has 1 saturated heterocycles. The molecule has 4 heteroatoms. The summed E-state index contributed by atoms with van der Waals surface area (Å²) in [6.45, 7) is 3.09. The molecule has 1 rings (SSSR count). The summed E-state index contributed by atoms with van der Waals surface area (Å²) in [6, 6.07) is 0. The van der Waals surface area contributed by atoms with Crippen LogP contribution >= 0.6 is 11.8 Å². The molecule has 1 unspecified atom stereocenters. The van der Waals surface area contributed by atoms with Crippen LogP contribution in [0.3, 0.4) is 0 Å². The number of rotatable bonds is 2. The number of carbonyl (C=O) groups excluding carboxylic acids is 1. The number of aliphatic hydroxyl groups is 1. The lowest BCUT2D eigenvalue weighted by atomic mass is 9.95. The van der Waals surface area contributed by atoms with Crippen LogP contribution in [-0.4, -0.2) is 46.6 Å². The van der Waals surface area contributed by atoms with E-state index in [2.05, 4.69) is 0 Å². The van der Waals surface area contributed by atoms with Gasteiger partial charge in [0, 0.05) is 13.1 Å². The van der Waals surface area contributed by atoms with Gasteiger partial charge in [-0.1, -0.05) is 0 Å². The Hall–Kier alpha value is -0.220. The number of carbonyl (C=O) groups is 1. The standard InChI is InChI=1S/C9H17NO2S/c1-9(12)4-3-5-10(7-9)8(11)6-13-2/h12H,3-7H2,1-2H3. The third kappa shape index (κ3) is 3.19. The zero-order valence-electron chi connectivity index (χ0n) is 8.25. The first-order valence-electron chi connectivity index (χ1n) is 4.54. The molecule has 13 heavy (non-hydrogen) atoms. The minimum Gasteiger partial charge on any atom is -0.388 e. The van der Waals surface area contributed by atoms with Gasteiger partial charge in [-0.2, -0.15) is 11.8 Å². The number of thioether (sulfide) groups is 1. The van der Waals surface area contributed by atoms with Crippen LogP contribution in [-0.2, 0) is 4.79 Å². The van der Waals surface area contributed by atoms with E-state index in [1.807, 2.05) is 6.26 Å². The molecule has 0 aromatic rings. The van der Waals surface area contributed by atoms with Gasteiger partial charge in [0.15, 0.2) is 0 Å². The largest absolute Gasteiger partial charge is 0.388 e. The Kier molecular flexibility index (Phi) is 3.62. The third-order valence-electron chi connectivity index (χ3n) is 2.30. The van der Waals surface area contributed by atoms with Gasteiger partial charge in [0.2, 0.25) is 5.91 Å². The van der Waals surface area contributed by atoms with Crippen LogP contribution in [0.2, 0.25) is 0 Å². The number of nitrogens with zero attached hydrogens (tertiary/aromatic N) is 1. The monoisotopic (exact) mass is 203 g/mol. The fourth-order valence-corrected chi connectivity index (χ4v) is 2.08. The number of β-amino-alcohol motifs (C(OH)–C–C–N with tert-alkyl or cyclic N) is 1. The van der Waals surface area contributed by atoms with Crippen molar-refractivity contribution in [2.45, 2.75) is 25.4 Å². The number of amides is 1. The summed E-state index contributed by atoms with van der Waals surface area (Å²) < 4.78 is 0. The van der Waals surface area contributed by atoms with Crippen molar-refractivity contribution in [3.8, 4) is 0 Å². The van der Waals surface area contributed by atoms with E-state index in [4.69, 9.17) is 0 Å². The number of hydrogen-bond donors (Lipinski definition) is 1. The molecule has 1 fully saturated rings. The van der Waals surface area contributed by atoms with E-state index in [1.54, 1.807) is 11.8 Å². The zero-order chi connectivity index (χ0) is 9.90. The summed E-state index contributed by atoms with van der Waals surface area (Å²) >= 11 is 1.53. The summed E-state index contributed by atoms with van der Waals surface area (Å²) in [5.41, 5.74) is -0.674. The molecule has 0 aliphatic carbocycles. The first-order chi connectivity index (χ1) is 6.05. The molecule has 1 heterocycles. The Labute approximate surface area is 83.5 Å². The maximum Gasteiger partial charge on any atom is 0.232 e. The van der Waals surface area contributed by atoms with Crippen molar-refractivity contribution in [3.63, 3.8) is 0 Å². The van der Waals surface area contributed by atoms with Crippen LogP contribution in [0.15, 0.2) is 0 Å². The maximum absolute atomic E-state index is 11.5. The highest BCUT2D eigenvalue weighted by molar-refractivity contribution is 7.99. The molecule has 0 bridgehead atoms. The predicted molar refractivity (Wildman–Crippen MR) is 54.8 cm³/mol. The molecule has 1 aliphatic heterocycles. The minimum absolute atomic E-state index is 0.146. The molecule has 1 aliphatic rings. The first-order valence-corrected chi connectivity index (χ1v) is 5.94. The molecule has 0 aromatic heterocycles. The van der Waals surface area contributed by atoms with E-state index in [0.717, 1.165) is 19.4 Å². The highest BCUT2D eigenvalue weighted by Gasteiger charge is 2.30. The summed E-state index contributed by atoms with van der Waals surface area (Å²) in [7, 11) is 0. The average molecular weight is 203 g/mol. The van der Waals surface area contributed by atoms with Gasteiger partial charge in [-0.05, 0) is 26.0 Å². The molecule has 0 radical (unpaired) electrons. The smallest absolute Gasteiger partial charge is 0.232 e. The quantitative estimate of drug-likeness (QED) is 0.719. The van der Waals surface area contributed by atoms with Gasteiger partial charge < -0.3 is 10.0 Å². The van der Waals surface area contributed by atoms with E-state index in [1.165, 1.54) is 11.8 Å². The topological polar surface area (TPSA) is 40.5 Å². The van der Waals surface area contributed by atoms with Crippen LogP contribution in [0.25, 0.3) is 0 Å². The zero-order valence-corrected chi connectivity index (χ0v) is 9.06. The fraction of sp³-hybridized carbons (Fsp3) is 0.889. The first kappa shape index (κ1) is 10.9. The molecule has 1 amide bonds. The lowest BCUT2D eigenvalue weighted by Crippen LogP contribution is -2.49. The van der Waals surface area contributed by atoms with E-state index < -0.39 is 5.60 Å². The van der Waals surface area contributed by atoms with E-state index >= 15 is 0 Å². The summed E-state index contributed by atoms with van der Waals surface area (Å²) in [6.07, 6.45) is 3.63. The van der Waals surface area contributed by atoms with E-state index in [0.29, 0.717) is 12.3 Å². The van der Waals surface area contributed by atoms with Gasteiger partial charge in [-0.3, -0.25) is 4.79 Å². The third-order valence-corrected chi connectivity index (χ3v) is 2.83. The molecular weight excluding hydrogens is 186 g/mol. The molecule has 1 atom stereocenters. The van der Waals surface area contributed by atoms with Crippen molar-refractivity contribution < 1.29 is 9.90 Å². The van der Waals surface area contributed by atoms with Crippen molar-refractivity contribution in [3.05, 3.63) is 0 Å². The molecule has 3 nitrogen and oxygen atoms in total. The predicted octanol–water partition coefficient (Wildman–Crippen LogP) is 0.723. The van der Waals surface area contributed by atoms with Crippen LogP contribution in [0.1, 0.15) is 19.8 Å². The molecule has 0 saturated carbocycles. The van der Waals surface area contributed by atoms with Gasteiger partial charge in [-0.25, -0.2) is 0 Å². The summed E-state index contributed by atoms with van der Waals surface area (Å²) in [5.74, 6) is 0.670. The van der Waals surface area contributed by atoms with Crippen LogP contribution in [0.4, 0.5) is 0 Å².